The highest BCUT2D eigenvalue weighted by atomic mass is 16.3. The number of nitrogens with one attached hydrogen (secondary N) is 1. The van der Waals surface area contributed by atoms with Crippen LogP contribution < -0.4 is 5.32 Å². The van der Waals surface area contributed by atoms with Gasteiger partial charge in [0.1, 0.15) is 0 Å². The molecule has 0 radical (unpaired) electrons. The van der Waals surface area contributed by atoms with Gasteiger partial charge in [-0.3, -0.25) is 0 Å². The Morgan fingerprint density at radius 2 is 2.14 bits per heavy atom. The van der Waals surface area contributed by atoms with E-state index in [1.807, 2.05) is 10.8 Å². The van der Waals surface area contributed by atoms with Crippen LogP contribution in [-0.4, -0.2) is 27.3 Å². The zero-order valence-electron chi connectivity index (χ0n) is 12.4. The van der Waals surface area contributed by atoms with E-state index in [-0.39, 0.29) is 0 Å². The van der Waals surface area contributed by atoms with Crippen molar-refractivity contribution in [2.24, 2.45) is 5.92 Å². The van der Waals surface area contributed by atoms with Crippen LogP contribution in [0.15, 0.2) is 43.0 Å². The summed E-state index contributed by atoms with van der Waals surface area (Å²) in [6.07, 6.45) is 9.06. The molecule has 112 valence electrons. The largest absolute Gasteiger partial charge is 0.396 e. The second-order valence-electron chi connectivity index (χ2n) is 5.93. The molecule has 3 unspecified atom stereocenters. The smallest absolute Gasteiger partial charge is 0.0991 e. The molecule has 1 heterocycles. The monoisotopic (exact) mass is 285 g/mol. The Bertz CT molecular complexity index is 550. The van der Waals surface area contributed by atoms with Crippen molar-refractivity contribution in [2.75, 3.05) is 6.61 Å². The summed E-state index contributed by atoms with van der Waals surface area (Å²) in [5, 5.41) is 13.1. The average Bonchev–Trinajstić information content (AvgIpc) is 3.18. The Hall–Kier alpha value is -1.65. The minimum absolute atomic E-state index is 0.296. The minimum Gasteiger partial charge on any atom is -0.396 e. The van der Waals surface area contributed by atoms with Crippen molar-refractivity contribution in [3.63, 3.8) is 0 Å². The SMILES string of the molecule is CC(NC1CCCC1CO)c1ccc(-n2ccnc2)cc1. The van der Waals surface area contributed by atoms with Gasteiger partial charge in [0, 0.05) is 36.8 Å². The van der Waals surface area contributed by atoms with Crippen molar-refractivity contribution in [1.29, 1.82) is 0 Å². The Balaban J connectivity index is 1.66. The predicted molar refractivity (Wildman–Crippen MR) is 83.3 cm³/mol. The summed E-state index contributed by atoms with van der Waals surface area (Å²) in [7, 11) is 0. The molecule has 0 bridgehead atoms. The summed E-state index contributed by atoms with van der Waals surface area (Å²) < 4.78 is 2.00. The normalized spacial score (nSPS) is 23.3. The number of nitrogens with zero attached hydrogens (tertiary/aromatic N) is 2. The third-order valence-corrected chi connectivity index (χ3v) is 4.55. The van der Waals surface area contributed by atoms with E-state index in [1.165, 1.54) is 18.4 Å². The van der Waals surface area contributed by atoms with Crippen LogP contribution >= 0.6 is 0 Å². The van der Waals surface area contributed by atoms with E-state index in [1.54, 1.807) is 12.5 Å². The van der Waals surface area contributed by atoms with E-state index in [4.69, 9.17) is 0 Å². The molecule has 1 aromatic heterocycles. The molecule has 1 aromatic carbocycles. The summed E-state index contributed by atoms with van der Waals surface area (Å²) in [6, 6.07) is 9.31. The maximum absolute atomic E-state index is 9.41. The van der Waals surface area contributed by atoms with Gasteiger partial charge in [-0.15, -0.1) is 0 Å². The Kier molecular flexibility index (Phi) is 4.36. The molecule has 1 aliphatic rings. The van der Waals surface area contributed by atoms with Crippen LogP contribution in [-0.2, 0) is 0 Å². The number of hydrogen-bond donors (Lipinski definition) is 2. The van der Waals surface area contributed by atoms with Crippen LogP contribution in [0, 0.1) is 5.92 Å². The molecule has 0 amide bonds. The molecule has 1 aliphatic carbocycles. The number of aliphatic hydroxyl groups is 1. The van der Waals surface area contributed by atoms with Crippen molar-refractivity contribution in [3.05, 3.63) is 48.5 Å². The number of benzene rings is 1. The van der Waals surface area contributed by atoms with E-state index >= 15 is 0 Å². The summed E-state index contributed by atoms with van der Waals surface area (Å²) in [5.74, 6) is 0.415. The lowest BCUT2D eigenvalue weighted by Crippen LogP contribution is -2.35. The fourth-order valence-corrected chi connectivity index (χ4v) is 3.24. The van der Waals surface area contributed by atoms with Crippen molar-refractivity contribution in [1.82, 2.24) is 14.9 Å². The lowest BCUT2D eigenvalue weighted by atomic mass is 10.0. The van der Waals surface area contributed by atoms with Crippen LogP contribution in [0.25, 0.3) is 5.69 Å². The third-order valence-electron chi connectivity index (χ3n) is 4.55. The van der Waals surface area contributed by atoms with Gasteiger partial charge in [-0.25, -0.2) is 4.98 Å². The zero-order valence-corrected chi connectivity index (χ0v) is 12.4. The Labute approximate surface area is 125 Å². The lowest BCUT2D eigenvalue weighted by molar-refractivity contribution is 0.200. The summed E-state index contributed by atoms with van der Waals surface area (Å²) in [4.78, 5) is 4.07. The molecule has 4 nitrogen and oxygen atoms in total. The molecule has 3 atom stereocenters. The van der Waals surface area contributed by atoms with E-state index in [2.05, 4.69) is 41.5 Å². The van der Waals surface area contributed by atoms with Crippen molar-refractivity contribution >= 4 is 0 Å². The highest BCUT2D eigenvalue weighted by Crippen LogP contribution is 2.27. The van der Waals surface area contributed by atoms with Gasteiger partial charge in [-0.2, -0.15) is 0 Å². The van der Waals surface area contributed by atoms with E-state index < -0.39 is 0 Å². The maximum atomic E-state index is 9.41. The molecule has 21 heavy (non-hydrogen) atoms. The topological polar surface area (TPSA) is 50.1 Å². The molecule has 3 rings (SSSR count). The number of imidazole rings is 1. The summed E-state index contributed by atoms with van der Waals surface area (Å²) >= 11 is 0. The van der Waals surface area contributed by atoms with Gasteiger partial charge in [-0.1, -0.05) is 18.6 Å². The van der Waals surface area contributed by atoms with Gasteiger partial charge < -0.3 is 15.0 Å². The molecular weight excluding hydrogens is 262 g/mol. The first-order chi connectivity index (χ1) is 10.3. The molecule has 0 saturated heterocycles. The highest BCUT2D eigenvalue weighted by Gasteiger charge is 2.27. The third kappa shape index (κ3) is 3.17. The molecule has 2 N–H and O–H groups in total. The second kappa shape index (κ2) is 6.41. The summed E-state index contributed by atoms with van der Waals surface area (Å²) in [5.41, 5.74) is 2.40. The van der Waals surface area contributed by atoms with Crippen LogP contribution in [0.5, 0.6) is 0 Å². The fourth-order valence-electron chi connectivity index (χ4n) is 3.24. The molecule has 2 aromatic rings. The van der Waals surface area contributed by atoms with Crippen molar-refractivity contribution in [2.45, 2.75) is 38.3 Å². The predicted octanol–water partition coefficient (Wildman–Crippen LogP) is 2.68. The van der Waals surface area contributed by atoms with Gasteiger partial charge >= 0.3 is 0 Å². The van der Waals surface area contributed by atoms with Crippen LogP contribution in [0.3, 0.4) is 0 Å². The van der Waals surface area contributed by atoms with Crippen molar-refractivity contribution < 1.29 is 5.11 Å². The van der Waals surface area contributed by atoms with Crippen LogP contribution in [0.4, 0.5) is 0 Å². The van der Waals surface area contributed by atoms with Gasteiger partial charge in [0.2, 0.25) is 0 Å². The van der Waals surface area contributed by atoms with Crippen LogP contribution in [0.2, 0.25) is 0 Å². The molecule has 1 fully saturated rings. The molecular formula is C17H23N3O. The molecule has 4 heteroatoms. The number of aromatic nitrogens is 2. The standard InChI is InChI=1S/C17H23N3O/c1-13(19-17-4-2-3-15(17)11-21)14-5-7-16(8-6-14)20-10-9-18-12-20/h5-10,12-13,15,17,19,21H,2-4,11H2,1H3. The quantitative estimate of drug-likeness (QED) is 0.888. The van der Waals surface area contributed by atoms with Gasteiger partial charge in [0.05, 0.1) is 6.33 Å². The average molecular weight is 285 g/mol. The van der Waals surface area contributed by atoms with Crippen LogP contribution in [0.1, 0.15) is 37.8 Å². The number of hydrogen-bond acceptors (Lipinski definition) is 3. The van der Waals surface area contributed by atoms with E-state index in [0.29, 0.717) is 24.6 Å². The van der Waals surface area contributed by atoms with Crippen molar-refractivity contribution in [3.8, 4) is 5.69 Å². The minimum atomic E-state index is 0.296. The fraction of sp³-hybridized carbons (Fsp3) is 0.471. The summed E-state index contributed by atoms with van der Waals surface area (Å²) in [6.45, 7) is 2.49. The van der Waals surface area contributed by atoms with Gasteiger partial charge in [-0.05, 0) is 43.4 Å². The maximum Gasteiger partial charge on any atom is 0.0991 e. The zero-order chi connectivity index (χ0) is 14.7. The highest BCUT2D eigenvalue weighted by molar-refractivity contribution is 5.35. The lowest BCUT2D eigenvalue weighted by Gasteiger charge is -2.24. The first-order valence-corrected chi connectivity index (χ1v) is 7.73. The second-order valence-corrected chi connectivity index (χ2v) is 5.93. The van der Waals surface area contributed by atoms with E-state index in [0.717, 1.165) is 12.1 Å². The first-order valence-electron chi connectivity index (χ1n) is 7.73. The Morgan fingerprint density at radius 1 is 1.33 bits per heavy atom. The molecule has 0 aliphatic heterocycles. The first kappa shape index (κ1) is 14.3. The number of aliphatic hydroxyl groups excluding tert-OH is 1. The van der Waals surface area contributed by atoms with Gasteiger partial charge in [0.25, 0.3) is 0 Å². The van der Waals surface area contributed by atoms with E-state index in [9.17, 15) is 5.11 Å². The number of rotatable bonds is 5. The van der Waals surface area contributed by atoms with Gasteiger partial charge in [0.15, 0.2) is 0 Å². The molecule has 1 saturated carbocycles. The Morgan fingerprint density at radius 3 is 2.81 bits per heavy atom. The molecule has 0 spiro atoms.